The van der Waals surface area contributed by atoms with Gasteiger partial charge >= 0.3 is 0 Å². The van der Waals surface area contributed by atoms with Gasteiger partial charge in [0, 0.05) is 49.9 Å². The van der Waals surface area contributed by atoms with E-state index in [0.717, 1.165) is 50.6 Å². The summed E-state index contributed by atoms with van der Waals surface area (Å²) >= 11 is 0. The van der Waals surface area contributed by atoms with Crippen molar-refractivity contribution in [3.8, 4) is 0 Å². The van der Waals surface area contributed by atoms with Gasteiger partial charge in [-0.05, 0) is 12.8 Å². The van der Waals surface area contributed by atoms with Gasteiger partial charge in [-0.25, -0.2) is 4.98 Å². The fourth-order valence-electron chi connectivity index (χ4n) is 3.69. The van der Waals surface area contributed by atoms with Crippen LogP contribution in [0.3, 0.4) is 0 Å². The Morgan fingerprint density at radius 3 is 2.58 bits per heavy atom. The molecule has 0 bridgehead atoms. The summed E-state index contributed by atoms with van der Waals surface area (Å²) in [6.07, 6.45) is 4.02. The van der Waals surface area contributed by atoms with Gasteiger partial charge in [0.25, 0.3) is 0 Å². The van der Waals surface area contributed by atoms with Crippen molar-refractivity contribution < 1.29 is 9.53 Å². The van der Waals surface area contributed by atoms with Crippen molar-refractivity contribution in [3.05, 3.63) is 17.7 Å². The minimum atomic E-state index is 0.0679. The minimum absolute atomic E-state index is 0.0679. The highest BCUT2D eigenvalue weighted by Crippen LogP contribution is 2.30. The van der Waals surface area contributed by atoms with Crippen molar-refractivity contribution in [2.45, 2.75) is 58.0 Å². The van der Waals surface area contributed by atoms with Gasteiger partial charge in [-0.2, -0.15) is 0 Å². The number of carbonyl (C=O) groups is 1. The largest absolute Gasteiger partial charge is 0.378 e. The van der Waals surface area contributed by atoms with Crippen LogP contribution in [0.15, 0.2) is 6.20 Å². The molecule has 3 rings (SSSR count). The maximum absolute atomic E-state index is 11.5. The van der Waals surface area contributed by atoms with Gasteiger partial charge in [0.2, 0.25) is 5.91 Å². The second-order valence-electron chi connectivity index (χ2n) is 8.00. The first-order valence-corrected chi connectivity index (χ1v) is 9.00. The van der Waals surface area contributed by atoms with Crippen LogP contribution in [-0.4, -0.2) is 64.6 Å². The number of aromatic nitrogens is 2. The number of aromatic amines is 1. The van der Waals surface area contributed by atoms with Crippen LogP contribution in [0, 0.1) is 0 Å². The van der Waals surface area contributed by atoms with E-state index in [1.165, 1.54) is 0 Å². The molecule has 0 aliphatic carbocycles. The van der Waals surface area contributed by atoms with E-state index >= 15 is 0 Å². The lowest BCUT2D eigenvalue weighted by molar-refractivity contribution is -0.131. The number of hydrogen-bond donors (Lipinski definition) is 1. The quantitative estimate of drug-likeness (QED) is 0.900. The van der Waals surface area contributed by atoms with Gasteiger partial charge in [0.1, 0.15) is 5.82 Å². The van der Waals surface area contributed by atoms with Gasteiger partial charge in [0.15, 0.2) is 0 Å². The van der Waals surface area contributed by atoms with Crippen LogP contribution in [0.4, 0.5) is 0 Å². The number of hydrogen-bond acceptors (Lipinski definition) is 4. The molecule has 1 atom stereocenters. The molecule has 24 heavy (non-hydrogen) atoms. The van der Waals surface area contributed by atoms with Crippen molar-refractivity contribution in [1.82, 2.24) is 19.8 Å². The molecule has 0 aromatic carbocycles. The molecule has 0 radical (unpaired) electrons. The number of ether oxygens (including phenoxy) is 1. The van der Waals surface area contributed by atoms with Crippen LogP contribution >= 0.6 is 0 Å². The van der Waals surface area contributed by atoms with Gasteiger partial charge in [-0.1, -0.05) is 20.8 Å². The molecule has 0 unspecified atom stereocenters. The third kappa shape index (κ3) is 3.64. The monoisotopic (exact) mass is 334 g/mol. The SMILES string of the molecule is CC(=O)N1CCC(N2CCOC[C@H]2c2ncc(C(C)(C)C)[nH]2)CC1. The van der Waals surface area contributed by atoms with Gasteiger partial charge in [0.05, 0.1) is 19.3 Å². The number of nitrogens with zero attached hydrogens (tertiary/aromatic N) is 3. The molecule has 2 fully saturated rings. The third-order valence-electron chi connectivity index (χ3n) is 5.27. The van der Waals surface area contributed by atoms with Crippen molar-refractivity contribution in [3.63, 3.8) is 0 Å². The Labute approximate surface area is 144 Å². The minimum Gasteiger partial charge on any atom is -0.378 e. The fourth-order valence-corrected chi connectivity index (χ4v) is 3.69. The summed E-state index contributed by atoms with van der Waals surface area (Å²) < 4.78 is 5.75. The lowest BCUT2D eigenvalue weighted by atomic mass is 9.93. The zero-order valence-electron chi connectivity index (χ0n) is 15.3. The molecule has 2 saturated heterocycles. The number of nitrogens with one attached hydrogen (secondary N) is 1. The van der Waals surface area contributed by atoms with E-state index in [1.54, 1.807) is 6.92 Å². The first-order valence-electron chi connectivity index (χ1n) is 9.00. The van der Waals surface area contributed by atoms with E-state index in [4.69, 9.17) is 4.74 Å². The Balaban J connectivity index is 1.72. The van der Waals surface area contributed by atoms with E-state index in [1.807, 2.05) is 11.1 Å². The normalized spacial score (nSPS) is 24.3. The van der Waals surface area contributed by atoms with Crippen LogP contribution in [0.5, 0.6) is 0 Å². The zero-order chi connectivity index (χ0) is 17.3. The van der Waals surface area contributed by atoms with Crippen LogP contribution in [-0.2, 0) is 14.9 Å². The smallest absolute Gasteiger partial charge is 0.219 e. The summed E-state index contributed by atoms with van der Waals surface area (Å²) in [6.45, 7) is 12.3. The second kappa shape index (κ2) is 6.84. The predicted molar refractivity (Wildman–Crippen MR) is 92.8 cm³/mol. The Bertz CT molecular complexity index is 570. The Hall–Kier alpha value is -1.40. The number of H-pyrrole nitrogens is 1. The molecule has 6 nitrogen and oxygen atoms in total. The van der Waals surface area contributed by atoms with E-state index < -0.39 is 0 Å². The van der Waals surface area contributed by atoms with Gasteiger partial charge < -0.3 is 14.6 Å². The maximum atomic E-state index is 11.5. The highest BCUT2D eigenvalue weighted by Gasteiger charge is 2.35. The summed E-state index contributed by atoms with van der Waals surface area (Å²) in [5, 5.41) is 0. The number of piperidine rings is 1. The number of imidazole rings is 1. The Kier molecular flexibility index (Phi) is 4.97. The van der Waals surface area contributed by atoms with Gasteiger partial charge in [-0.15, -0.1) is 0 Å². The van der Waals surface area contributed by atoms with Crippen molar-refractivity contribution >= 4 is 5.91 Å². The maximum Gasteiger partial charge on any atom is 0.219 e. The van der Waals surface area contributed by atoms with Crippen LogP contribution in [0.2, 0.25) is 0 Å². The molecule has 3 heterocycles. The van der Waals surface area contributed by atoms with Crippen molar-refractivity contribution in [2.24, 2.45) is 0 Å². The number of carbonyl (C=O) groups excluding carboxylic acids is 1. The van der Waals surface area contributed by atoms with Crippen LogP contribution < -0.4 is 0 Å². The fraction of sp³-hybridized carbons (Fsp3) is 0.778. The first-order chi connectivity index (χ1) is 11.4. The second-order valence-corrected chi connectivity index (χ2v) is 8.00. The average molecular weight is 334 g/mol. The standard InChI is InChI=1S/C18H30N4O2/c1-13(23)21-7-5-14(6-8-21)22-9-10-24-12-15(22)17-19-11-16(20-17)18(2,3)4/h11,14-15H,5-10,12H2,1-4H3,(H,19,20)/t15-/m0/s1. The molecule has 1 aromatic heterocycles. The number of morpholine rings is 1. The number of amides is 1. The van der Waals surface area contributed by atoms with Crippen LogP contribution in [0.1, 0.15) is 58.1 Å². The lowest BCUT2D eigenvalue weighted by Crippen LogP contribution is -2.51. The molecule has 2 aliphatic rings. The molecular weight excluding hydrogens is 304 g/mol. The molecule has 0 spiro atoms. The molecule has 1 amide bonds. The van der Waals surface area contributed by atoms with E-state index in [9.17, 15) is 4.79 Å². The summed E-state index contributed by atoms with van der Waals surface area (Å²) in [5.41, 5.74) is 1.23. The number of likely N-dealkylation sites (tertiary alicyclic amines) is 1. The van der Waals surface area contributed by atoms with E-state index in [-0.39, 0.29) is 17.4 Å². The average Bonchev–Trinajstić information content (AvgIpc) is 3.05. The lowest BCUT2D eigenvalue weighted by Gasteiger charge is -2.43. The van der Waals surface area contributed by atoms with Crippen molar-refractivity contribution in [1.29, 1.82) is 0 Å². The topological polar surface area (TPSA) is 61.5 Å². The highest BCUT2D eigenvalue weighted by molar-refractivity contribution is 5.73. The van der Waals surface area contributed by atoms with E-state index in [0.29, 0.717) is 12.6 Å². The molecule has 134 valence electrons. The van der Waals surface area contributed by atoms with Crippen LogP contribution in [0.25, 0.3) is 0 Å². The zero-order valence-corrected chi connectivity index (χ0v) is 15.3. The summed E-state index contributed by atoms with van der Waals surface area (Å²) in [7, 11) is 0. The highest BCUT2D eigenvalue weighted by atomic mass is 16.5. The summed E-state index contributed by atoms with van der Waals surface area (Å²) in [5.74, 6) is 1.20. The Morgan fingerprint density at radius 1 is 1.29 bits per heavy atom. The summed E-state index contributed by atoms with van der Waals surface area (Å²) in [4.78, 5) is 24.2. The van der Waals surface area contributed by atoms with E-state index in [2.05, 4.69) is 35.6 Å². The molecule has 0 saturated carbocycles. The molecule has 6 heteroatoms. The predicted octanol–water partition coefficient (Wildman–Crippen LogP) is 2.09. The third-order valence-corrected chi connectivity index (χ3v) is 5.27. The van der Waals surface area contributed by atoms with Gasteiger partial charge in [-0.3, -0.25) is 9.69 Å². The Morgan fingerprint density at radius 2 is 2.00 bits per heavy atom. The molecular formula is C18H30N4O2. The molecule has 2 aliphatic heterocycles. The summed E-state index contributed by atoms with van der Waals surface area (Å²) in [6, 6.07) is 0.682. The molecule has 1 aromatic rings. The molecule has 1 N–H and O–H groups in total. The first kappa shape index (κ1) is 17.4. The van der Waals surface area contributed by atoms with Crippen molar-refractivity contribution in [2.75, 3.05) is 32.8 Å². The number of rotatable bonds is 2.